The van der Waals surface area contributed by atoms with Gasteiger partial charge in [-0.15, -0.1) is 0 Å². The van der Waals surface area contributed by atoms with Crippen molar-refractivity contribution in [2.75, 3.05) is 69.6 Å². The summed E-state index contributed by atoms with van der Waals surface area (Å²) in [5.41, 5.74) is 9.54. The molecule has 0 saturated carbocycles. The van der Waals surface area contributed by atoms with E-state index >= 15 is 9.59 Å². The van der Waals surface area contributed by atoms with Crippen molar-refractivity contribution in [3.05, 3.63) is 118 Å². The van der Waals surface area contributed by atoms with Gasteiger partial charge in [0, 0.05) is 93.8 Å². The number of hydrogen-bond acceptors (Lipinski definition) is 9. The Morgan fingerprint density at radius 1 is 0.842 bits per heavy atom. The van der Waals surface area contributed by atoms with Gasteiger partial charge in [0.1, 0.15) is 5.75 Å². The van der Waals surface area contributed by atoms with Gasteiger partial charge < -0.3 is 39.0 Å². The van der Waals surface area contributed by atoms with Crippen LogP contribution in [0.15, 0.2) is 84.9 Å². The van der Waals surface area contributed by atoms with Crippen molar-refractivity contribution in [2.24, 2.45) is 0 Å². The van der Waals surface area contributed by atoms with Crippen LogP contribution in [0, 0.1) is 0 Å². The number of phenolic OH excluding ortho intramolecular Hbond substituents is 1. The first-order valence-electron chi connectivity index (χ1n) is 19.9. The Morgan fingerprint density at radius 2 is 1.61 bits per heavy atom. The molecule has 12 nitrogen and oxygen atoms in total. The number of likely N-dealkylation sites (N-methyl/N-ethyl adjacent to an activating group) is 1. The van der Waals surface area contributed by atoms with Crippen LogP contribution in [0.2, 0.25) is 0 Å². The van der Waals surface area contributed by atoms with Crippen LogP contribution in [-0.2, 0) is 37.2 Å². The second-order valence-electron chi connectivity index (χ2n) is 15.6. The highest BCUT2D eigenvalue weighted by Gasteiger charge is 2.36. The van der Waals surface area contributed by atoms with E-state index in [-0.39, 0.29) is 30.4 Å². The van der Waals surface area contributed by atoms with Crippen molar-refractivity contribution in [2.45, 2.75) is 38.5 Å². The fraction of sp³-hybridized carbons (Fsp3) is 0.333. The highest BCUT2D eigenvalue weighted by Crippen LogP contribution is 2.43. The number of aromatic nitrogens is 1. The fourth-order valence-electron chi connectivity index (χ4n) is 9.19. The Kier molecular flexibility index (Phi) is 9.11. The predicted molar refractivity (Wildman–Crippen MR) is 217 cm³/mol. The van der Waals surface area contributed by atoms with Crippen LogP contribution in [0.5, 0.6) is 17.2 Å². The minimum Gasteiger partial charge on any atom is -0.508 e. The number of phenols is 1. The zero-order valence-electron chi connectivity index (χ0n) is 32.1. The molecule has 0 spiro atoms. The van der Waals surface area contributed by atoms with Crippen LogP contribution < -0.4 is 24.6 Å². The van der Waals surface area contributed by atoms with E-state index in [0.29, 0.717) is 73.3 Å². The first kappa shape index (κ1) is 35.6. The van der Waals surface area contributed by atoms with Gasteiger partial charge in [0.05, 0.1) is 30.0 Å². The Bertz CT molecular complexity index is 2370. The smallest absolute Gasteiger partial charge is 0.264 e. The monoisotopic (exact) mass is 766 g/mol. The molecule has 57 heavy (non-hydrogen) atoms. The number of nitrogens with zero attached hydrogens (tertiary/aromatic N) is 5. The third-order valence-corrected chi connectivity index (χ3v) is 12.2. The summed E-state index contributed by atoms with van der Waals surface area (Å²) in [4.78, 5) is 38.8. The van der Waals surface area contributed by atoms with E-state index in [0.717, 1.165) is 67.3 Å². The molecule has 1 fully saturated rings. The van der Waals surface area contributed by atoms with Crippen LogP contribution in [0.4, 0.5) is 17.1 Å². The van der Waals surface area contributed by atoms with E-state index < -0.39 is 0 Å². The van der Waals surface area contributed by atoms with Gasteiger partial charge >= 0.3 is 0 Å². The van der Waals surface area contributed by atoms with Crippen LogP contribution in [0.3, 0.4) is 0 Å². The number of benzene rings is 4. The standard InChI is InChI=1S/C45H46N6O6/c1-47-14-12-30-21-33(8-11-39(30)47)51(32-6-9-35(52)10-7-32)45(54)38-22-40(49-15-13-46-25-41(38)49)36-23-42-43(57-28-56-42)24-37(36)44(53)50-26-31-5-3-2-4-29(31)20-34(50)27-48-16-18-55-19-17-48/h2-11,21-24,34,46,52H,12-20,25-28H2,1H3/t34-/m0/s1. The number of hydrogen-bond donors (Lipinski definition) is 2. The highest BCUT2D eigenvalue weighted by atomic mass is 16.7. The van der Waals surface area contributed by atoms with E-state index in [2.05, 4.69) is 57.1 Å². The van der Waals surface area contributed by atoms with Gasteiger partial charge in [-0.3, -0.25) is 19.4 Å². The van der Waals surface area contributed by atoms with Crippen molar-refractivity contribution in [3.8, 4) is 28.5 Å². The highest BCUT2D eigenvalue weighted by molar-refractivity contribution is 6.13. The van der Waals surface area contributed by atoms with Crippen LogP contribution in [0.25, 0.3) is 11.3 Å². The SMILES string of the molecule is CN1CCc2cc(N(C(=O)c3cc(-c4cc5c(cc4C(=O)N4Cc6ccccc6C[C@H]4CN4CCOCC4)OCO5)n4c3CNCC4)c3ccc(O)cc3)ccc21. The lowest BCUT2D eigenvalue weighted by Crippen LogP contribution is -2.52. The lowest BCUT2D eigenvalue weighted by atomic mass is 9.92. The van der Waals surface area contributed by atoms with Gasteiger partial charge in [-0.2, -0.15) is 0 Å². The van der Waals surface area contributed by atoms with E-state index in [1.807, 2.05) is 35.2 Å². The number of nitrogens with one attached hydrogen (secondary N) is 1. The third-order valence-electron chi connectivity index (χ3n) is 12.2. The van der Waals surface area contributed by atoms with Crippen molar-refractivity contribution in [3.63, 3.8) is 0 Å². The predicted octanol–water partition coefficient (Wildman–Crippen LogP) is 5.56. The average molecular weight is 767 g/mol. The molecule has 0 radical (unpaired) electrons. The summed E-state index contributed by atoms with van der Waals surface area (Å²) in [5, 5.41) is 13.7. The zero-order chi connectivity index (χ0) is 38.6. The van der Waals surface area contributed by atoms with Crippen molar-refractivity contribution >= 4 is 28.9 Å². The van der Waals surface area contributed by atoms with Crippen molar-refractivity contribution in [1.82, 2.24) is 19.7 Å². The molecule has 4 aromatic carbocycles. The molecular formula is C45H46N6O6. The molecule has 0 unspecified atom stereocenters. The molecule has 0 aliphatic carbocycles. The Morgan fingerprint density at radius 3 is 2.44 bits per heavy atom. The number of anilines is 3. The van der Waals surface area contributed by atoms with Crippen LogP contribution in [0.1, 0.15) is 43.1 Å². The molecule has 2 amide bonds. The lowest BCUT2D eigenvalue weighted by Gasteiger charge is -2.40. The third kappa shape index (κ3) is 6.47. The molecule has 5 aliphatic heterocycles. The number of amides is 2. The molecule has 1 aromatic heterocycles. The van der Waals surface area contributed by atoms with E-state index in [4.69, 9.17) is 14.2 Å². The summed E-state index contributed by atoms with van der Waals surface area (Å²) in [5.74, 6) is 0.952. The summed E-state index contributed by atoms with van der Waals surface area (Å²) in [7, 11) is 2.08. The first-order valence-corrected chi connectivity index (χ1v) is 19.9. The van der Waals surface area contributed by atoms with Crippen LogP contribution in [-0.4, -0.2) is 97.1 Å². The van der Waals surface area contributed by atoms with E-state index in [1.54, 1.807) is 29.2 Å². The number of morpholine rings is 1. The Labute approximate surface area is 331 Å². The maximum absolute atomic E-state index is 15.3. The summed E-state index contributed by atoms with van der Waals surface area (Å²) in [6.07, 6.45) is 1.65. The first-order chi connectivity index (χ1) is 27.9. The fourth-order valence-corrected chi connectivity index (χ4v) is 9.19. The lowest BCUT2D eigenvalue weighted by molar-refractivity contribution is 0.0193. The number of fused-ring (bicyclic) bond motifs is 4. The molecule has 5 aromatic rings. The number of rotatable bonds is 7. The summed E-state index contributed by atoms with van der Waals surface area (Å²) in [6.45, 7) is 7.08. The molecule has 5 aliphatic rings. The number of carbonyl (C=O) groups excluding carboxylic acids is 2. The van der Waals surface area contributed by atoms with Crippen LogP contribution >= 0.6 is 0 Å². The second kappa shape index (κ2) is 14.6. The van der Waals surface area contributed by atoms with Gasteiger partial charge in [0.25, 0.3) is 11.8 Å². The van der Waals surface area contributed by atoms with Gasteiger partial charge in [0.2, 0.25) is 6.79 Å². The molecule has 292 valence electrons. The molecule has 12 heteroatoms. The topological polar surface area (TPSA) is 112 Å². The second-order valence-corrected chi connectivity index (χ2v) is 15.6. The van der Waals surface area contributed by atoms with Crippen molar-refractivity contribution < 1.29 is 28.9 Å². The molecular weight excluding hydrogens is 721 g/mol. The molecule has 1 atom stereocenters. The normalized spacial score (nSPS) is 18.6. The molecule has 10 rings (SSSR count). The largest absolute Gasteiger partial charge is 0.508 e. The van der Waals surface area contributed by atoms with E-state index in [1.165, 1.54) is 11.1 Å². The van der Waals surface area contributed by atoms with E-state index in [9.17, 15) is 5.11 Å². The van der Waals surface area contributed by atoms with Gasteiger partial charge in [0.15, 0.2) is 11.5 Å². The molecule has 2 N–H and O–H groups in total. The van der Waals surface area contributed by atoms with Gasteiger partial charge in [-0.25, -0.2) is 0 Å². The summed E-state index contributed by atoms with van der Waals surface area (Å²) < 4.78 is 19.7. The number of carbonyl (C=O) groups is 2. The van der Waals surface area contributed by atoms with Crippen molar-refractivity contribution in [1.29, 1.82) is 0 Å². The Hall–Kier alpha value is -5.82. The summed E-state index contributed by atoms with van der Waals surface area (Å²) in [6, 6.07) is 27.0. The number of aromatic hydroxyl groups is 1. The minimum absolute atomic E-state index is 0.0442. The van der Waals surface area contributed by atoms with Gasteiger partial charge in [-0.05, 0) is 90.2 Å². The van der Waals surface area contributed by atoms with Gasteiger partial charge in [-0.1, -0.05) is 24.3 Å². The zero-order valence-corrected chi connectivity index (χ0v) is 32.1. The summed E-state index contributed by atoms with van der Waals surface area (Å²) >= 11 is 0. The molecule has 1 saturated heterocycles. The Balaban J connectivity index is 1.08. The maximum Gasteiger partial charge on any atom is 0.264 e. The average Bonchev–Trinajstić information content (AvgIpc) is 3.97. The maximum atomic E-state index is 15.3. The molecule has 0 bridgehead atoms. The quantitative estimate of drug-likeness (QED) is 0.220. The number of ether oxygens (including phenoxy) is 3. The minimum atomic E-state index is -0.197. The molecule has 6 heterocycles.